The number of rotatable bonds is 10. The molecule has 2 N–H and O–H groups in total. The molecular weight excluding hydrogens is 260 g/mol. The predicted molar refractivity (Wildman–Crippen MR) is 67.5 cm³/mol. The van der Waals surface area contributed by atoms with Gasteiger partial charge < -0.3 is 9.84 Å². The second-order valence-electron chi connectivity index (χ2n) is 4.09. The molecule has 18 heavy (non-hydrogen) atoms. The number of hydrogen-bond acceptors (Lipinski definition) is 4. The van der Waals surface area contributed by atoms with Gasteiger partial charge in [-0.3, -0.25) is 4.79 Å². The van der Waals surface area contributed by atoms with Gasteiger partial charge in [-0.15, -0.1) is 0 Å². The Morgan fingerprint density at radius 1 is 1.44 bits per heavy atom. The van der Waals surface area contributed by atoms with Crippen LogP contribution in [0.5, 0.6) is 0 Å². The van der Waals surface area contributed by atoms with E-state index in [0.717, 1.165) is 0 Å². The number of methoxy groups -OCH3 is 1. The maximum absolute atomic E-state index is 11.9. The van der Waals surface area contributed by atoms with E-state index in [4.69, 9.17) is 9.84 Å². The van der Waals surface area contributed by atoms with Crippen LogP contribution in [0.25, 0.3) is 0 Å². The van der Waals surface area contributed by atoms with Crippen molar-refractivity contribution in [3.63, 3.8) is 0 Å². The van der Waals surface area contributed by atoms with E-state index < -0.39 is 16.2 Å². The molecule has 0 aromatic heterocycles. The van der Waals surface area contributed by atoms with E-state index in [1.165, 1.54) is 11.4 Å². The number of carbonyl (C=O) groups is 1. The summed E-state index contributed by atoms with van der Waals surface area (Å²) in [6.07, 6.45) is 0.246. The summed E-state index contributed by atoms with van der Waals surface area (Å²) < 4.78 is 32.3. The van der Waals surface area contributed by atoms with Gasteiger partial charge in [0.1, 0.15) is 0 Å². The van der Waals surface area contributed by atoms with E-state index in [9.17, 15) is 13.2 Å². The fourth-order valence-electron chi connectivity index (χ4n) is 1.40. The Morgan fingerprint density at radius 2 is 2.06 bits per heavy atom. The second kappa shape index (κ2) is 8.41. The van der Waals surface area contributed by atoms with Crippen LogP contribution in [-0.4, -0.2) is 56.6 Å². The van der Waals surface area contributed by atoms with Crippen LogP contribution in [0.4, 0.5) is 0 Å². The molecule has 0 fully saturated rings. The molecule has 0 bridgehead atoms. The lowest BCUT2D eigenvalue weighted by molar-refractivity contribution is -0.137. The predicted octanol–water partition coefficient (Wildman–Crippen LogP) is 0.0424. The van der Waals surface area contributed by atoms with Crippen LogP contribution >= 0.6 is 0 Å². The summed E-state index contributed by atoms with van der Waals surface area (Å²) in [5.74, 6) is -0.927. The molecule has 0 saturated carbocycles. The normalized spacial score (nSPS) is 12.3. The highest BCUT2D eigenvalue weighted by molar-refractivity contribution is 7.87. The maximum atomic E-state index is 11.9. The van der Waals surface area contributed by atoms with E-state index in [0.29, 0.717) is 13.0 Å². The Kier molecular flexibility index (Phi) is 8.08. The van der Waals surface area contributed by atoms with Gasteiger partial charge in [-0.05, 0) is 20.3 Å². The number of ether oxygens (including phenoxy) is 1. The van der Waals surface area contributed by atoms with E-state index in [1.54, 1.807) is 13.8 Å². The third-order valence-corrected chi connectivity index (χ3v) is 4.04. The molecule has 0 amide bonds. The Morgan fingerprint density at radius 3 is 2.50 bits per heavy atom. The minimum atomic E-state index is -3.58. The van der Waals surface area contributed by atoms with Gasteiger partial charge in [-0.1, -0.05) is 0 Å². The fraction of sp³-hybridized carbons (Fsp3) is 0.900. The standard InChI is InChI=1S/C10H22N2O5S/c1-9(2)12(7-4-5-10(13)14)18(15,16)11-6-8-17-3/h9,11H,4-8H2,1-3H3,(H,13,14). The minimum absolute atomic E-state index is 0.0448. The molecule has 0 aromatic rings. The molecule has 0 aliphatic rings. The van der Waals surface area contributed by atoms with Crippen molar-refractivity contribution in [2.24, 2.45) is 0 Å². The second-order valence-corrected chi connectivity index (χ2v) is 5.80. The number of nitrogens with zero attached hydrogens (tertiary/aromatic N) is 1. The van der Waals surface area contributed by atoms with Crippen LogP contribution in [0.3, 0.4) is 0 Å². The van der Waals surface area contributed by atoms with Gasteiger partial charge >= 0.3 is 5.97 Å². The van der Waals surface area contributed by atoms with Crippen LogP contribution in [0, 0.1) is 0 Å². The third-order valence-electron chi connectivity index (χ3n) is 2.24. The lowest BCUT2D eigenvalue weighted by Gasteiger charge is -2.25. The van der Waals surface area contributed by atoms with E-state index in [-0.39, 0.29) is 25.6 Å². The van der Waals surface area contributed by atoms with Crippen molar-refractivity contribution in [2.75, 3.05) is 26.8 Å². The molecule has 0 aliphatic carbocycles. The molecule has 0 saturated heterocycles. The average molecular weight is 282 g/mol. The first-order chi connectivity index (χ1) is 8.31. The molecule has 0 heterocycles. The van der Waals surface area contributed by atoms with Gasteiger partial charge in [0.05, 0.1) is 6.61 Å². The zero-order valence-corrected chi connectivity index (χ0v) is 11.9. The van der Waals surface area contributed by atoms with Crippen molar-refractivity contribution in [1.82, 2.24) is 9.03 Å². The van der Waals surface area contributed by atoms with Crippen molar-refractivity contribution in [3.05, 3.63) is 0 Å². The van der Waals surface area contributed by atoms with Gasteiger partial charge in [-0.2, -0.15) is 17.4 Å². The Balaban J connectivity index is 4.42. The van der Waals surface area contributed by atoms with Gasteiger partial charge in [0.25, 0.3) is 10.2 Å². The number of aliphatic carboxylic acids is 1. The molecule has 0 atom stereocenters. The number of hydrogen-bond donors (Lipinski definition) is 2. The first-order valence-corrected chi connectivity index (χ1v) is 7.22. The highest BCUT2D eigenvalue weighted by Crippen LogP contribution is 2.07. The molecule has 108 valence electrons. The molecule has 0 unspecified atom stereocenters. The van der Waals surface area contributed by atoms with Gasteiger partial charge in [0.2, 0.25) is 0 Å². The minimum Gasteiger partial charge on any atom is -0.481 e. The topological polar surface area (TPSA) is 95.9 Å². The zero-order chi connectivity index (χ0) is 14.2. The molecule has 0 aromatic carbocycles. The van der Waals surface area contributed by atoms with Crippen molar-refractivity contribution >= 4 is 16.2 Å². The van der Waals surface area contributed by atoms with Crippen LogP contribution in [0.1, 0.15) is 26.7 Å². The SMILES string of the molecule is COCCNS(=O)(=O)N(CCCC(=O)O)C(C)C. The summed E-state index contributed by atoms with van der Waals surface area (Å²) in [5.41, 5.74) is 0. The first-order valence-electron chi connectivity index (χ1n) is 5.78. The van der Waals surface area contributed by atoms with E-state index in [1.807, 2.05) is 0 Å². The number of carboxylic acids is 1. The maximum Gasteiger partial charge on any atom is 0.303 e. The highest BCUT2D eigenvalue weighted by Gasteiger charge is 2.23. The fourth-order valence-corrected chi connectivity index (χ4v) is 2.83. The summed E-state index contributed by atoms with van der Waals surface area (Å²) >= 11 is 0. The van der Waals surface area contributed by atoms with Gasteiger partial charge in [0, 0.05) is 32.7 Å². The smallest absolute Gasteiger partial charge is 0.303 e. The molecular formula is C10H22N2O5S. The van der Waals surface area contributed by atoms with E-state index in [2.05, 4.69) is 4.72 Å². The van der Waals surface area contributed by atoms with Gasteiger partial charge in [-0.25, -0.2) is 0 Å². The van der Waals surface area contributed by atoms with Crippen LogP contribution in [0.2, 0.25) is 0 Å². The summed E-state index contributed by atoms with van der Waals surface area (Å²) in [6, 6.07) is -0.223. The number of nitrogens with one attached hydrogen (secondary N) is 1. The van der Waals surface area contributed by atoms with Crippen molar-refractivity contribution < 1.29 is 23.1 Å². The van der Waals surface area contributed by atoms with Crippen LogP contribution in [0.15, 0.2) is 0 Å². The molecule has 8 heteroatoms. The van der Waals surface area contributed by atoms with Crippen molar-refractivity contribution in [3.8, 4) is 0 Å². The molecule has 0 rings (SSSR count). The Bertz CT molecular complexity index is 342. The third kappa shape index (κ3) is 6.90. The summed E-state index contributed by atoms with van der Waals surface area (Å²) in [7, 11) is -2.09. The molecule has 7 nitrogen and oxygen atoms in total. The summed E-state index contributed by atoms with van der Waals surface area (Å²) in [4.78, 5) is 10.4. The van der Waals surface area contributed by atoms with E-state index >= 15 is 0 Å². The Labute approximate surface area is 108 Å². The zero-order valence-electron chi connectivity index (χ0n) is 11.0. The first kappa shape index (κ1) is 17.3. The molecule has 0 aliphatic heterocycles. The van der Waals surface area contributed by atoms with Crippen molar-refractivity contribution in [2.45, 2.75) is 32.7 Å². The van der Waals surface area contributed by atoms with Crippen molar-refractivity contribution in [1.29, 1.82) is 0 Å². The number of carboxylic acid groups (broad SMARTS) is 1. The van der Waals surface area contributed by atoms with Crippen LogP contribution in [-0.2, 0) is 19.7 Å². The molecule has 0 spiro atoms. The largest absolute Gasteiger partial charge is 0.481 e. The molecule has 0 radical (unpaired) electrons. The van der Waals surface area contributed by atoms with Gasteiger partial charge in [0.15, 0.2) is 0 Å². The lowest BCUT2D eigenvalue weighted by atomic mass is 10.3. The monoisotopic (exact) mass is 282 g/mol. The quantitative estimate of drug-likeness (QED) is 0.552. The summed E-state index contributed by atoms with van der Waals surface area (Å²) in [6.45, 7) is 4.17. The average Bonchev–Trinajstić information content (AvgIpc) is 2.23. The summed E-state index contributed by atoms with van der Waals surface area (Å²) in [5, 5.41) is 8.54. The lowest BCUT2D eigenvalue weighted by Crippen LogP contribution is -2.45. The van der Waals surface area contributed by atoms with Crippen LogP contribution < -0.4 is 4.72 Å². The highest BCUT2D eigenvalue weighted by atomic mass is 32.2. The Hall–Kier alpha value is -0.700.